The standard InChI is InChI=1S/C14H30N2/c1-13(2)11-15-9-10-16(3)12-14-7-5-4-6-8-14/h13-15H,4-12H2,1-3H3. The third-order valence-electron chi connectivity index (χ3n) is 3.52. The van der Waals surface area contributed by atoms with Crippen LogP contribution >= 0.6 is 0 Å². The maximum Gasteiger partial charge on any atom is 0.0104 e. The highest BCUT2D eigenvalue weighted by Crippen LogP contribution is 2.23. The minimum Gasteiger partial charge on any atom is -0.315 e. The van der Waals surface area contributed by atoms with Gasteiger partial charge in [0.15, 0.2) is 0 Å². The highest BCUT2D eigenvalue weighted by molar-refractivity contribution is 4.69. The first-order valence-electron chi connectivity index (χ1n) is 7.07. The van der Waals surface area contributed by atoms with E-state index in [0.717, 1.165) is 24.9 Å². The predicted octanol–water partition coefficient (Wildman–Crippen LogP) is 2.74. The Kier molecular flexibility index (Phi) is 7.06. The summed E-state index contributed by atoms with van der Waals surface area (Å²) < 4.78 is 0. The quantitative estimate of drug-likeness (QED) is 0.672. The lowest BCUT2D eigenvalue weighted by atomic mass is 9.89. The molecule has 1 fully saturated rings. The number of nitrogens with one attached hydrogen (secondary N) is 1. The molecule has 1 aliphatic carbocycles. The second-order valence-electron chi connectivity index (χ2n) is 5.86. The van der Waals surface area contributed by atoms with E-state index in [9.17, 15) is 0 Å². The summed E-state index contributed by atoms with van der Waals surface area (Å²) in [5, 5.41) is 3.51. The van der Waals surface area contributed by atoms with Crippen LogP contribution in [0, 0.1) is 11.8 Å². The van der Waals surface area contributed by atoms with Crippen molar-refractivity contribution in [2.45, 2.75) is 46.0 Å². The van der Waals surface area contributed by atoms with Crippen LogP contribution in [-0.2, 0) is 0 Å². The van der Waals surface area contributed by atoms with Gasteiger partial charge in [-0.15, -0.1) is 0 Å². The average Bonchev–Trinajstić information content (AvgIpc) is 2.25. The van der Waals surface area contributed by atoms with Gasteiger partial charge in [0.25, 0.3) is 0 Å². The molecule has 0 atom stereocenters. The molecule has 96 valence electrons. The molecule has 0 heterocycles. The Hall–Kier alpha value is -0.0800. The van der Waals surface area contributed by atoms with Crippen molar-refractivity contribution in [2.24, 2.45) is 11.8 Å². The molecule has 1 rings (SSSR count). The molecule has 1 N–H and O–H groups in total. The van der Waals surface area contributed by atoms with Crippen LogP contribution in [0.3, 0.4) is 0 Å². The van der Waals surface area contributed by atoms with Crippen molar-refractivity contribution in [1.82, 2.24) is 10.2 Å². The van der Waals surface area contributed by atoms with Gasteiger partial charge in [0, 0.05) is 19.6 Å². The third kappa shape index (κ3) is 6.49. The highest BCUT2D eigenvalue weighted by Gasteiger charge is 2.14. The largest absolute Gasteiger partial charge is 0.315 e. The third-order valence-corrected chi connectivity index (χ3v) is 3.52. The first-order valence-corrected chi connectivity index (χ1v) is 7.07. The molecule has 16 heavy (non-hydrogen) atoms. The maximum absolute atomic E-state index is 3.51. The summed E-state index contributed by atoms with van der Waals surface area (Å²) in [6, 6.07) is 0. The fourth-order valence-electron chi connectivity index (χ4n) is 2.56. The van der Waals surface area contributed by atoms with E-state index in [2.05, 4.69) is 31.1 Å². The molecule has 2 nitrogen and oxygen atoms in total. The van der Waals surface area contributed by atoms with E-state index in [-0.39, 0.29) is 0 Å². The molecule has 0 aromatic carbocycles. The van der Waals surface area contributed by atoms with Gasteiger partial charge in [0.05, 0.1) is 0 Å². The Morgan fingerprint density at radius 3 is 2.50 bits per heavy atom. The summed E-state index contributed by atoms with van der Waals surface area (Å²) in [7, 11) is 2.27. The van der Waals surface area contributed by atoms with E-state index in [4.69, 9.17) is 0 Å². The average molecular weight is 226 g/mol. The second-order valence-corrected chi connectivity index (χ2v) is 5.86. The van der Waals surface area contributed by atoms with Crippen LogP contribution < -0.4 is 5.32 Å². The fraction of sp³-hybridized carbons (Fsp3) is 1.00. The van der Waals surface area contributed by atoms with Crippen molar-refractivity contribution in [3.8, 4) is 0 Å². The molecule has 0 aromatic rings. The first-order chi connectivity index (χ1) is 7.68. The molecular formula is C14H30N2. The van der Waals surface area contributed by atoms with Crippen molar-refractivity contribution in [3.63, 3.8) is 0 Å². The van der Waals surface area contributed by atoms with E-state index in [1.165, 1.54) is 45.2 Å². The molecule has 0 bridgehead atoms. The molecule has 1 aliphatic rings. The second kappa shape index (κ2) is 8.08. The van der Waals surface area contributed by atoms with Gasteiger partial charge < -0.3 is 10.2 Å². The summed E-state index contributed by atoms with van der Waals surface area (Å²) in [6.45, 7) is 9.32. The maximum atomic E-state index is 3.51. The smallest absolute Gasteiger partial charge is 0.0104 e. The van der Waals surface area contributed by atoms with E-state index in [1.807, 2.05) is 0 Å². The van der Waals surface area contributed by atoms with Crippen LogP contribution in [0.2, 0.25) is 0 Å². The Morgan fingerprint density at radius 2 is 1.88 bits per heavy atom. The number of hydrogen-bond acceptors (Lipinski definition) is 2. The number of rotatable bonds is 7. The van der Waals surface area contributed by atoms with Gasteiger partial charge in [0.2, 0.25) is 0 Å². The van der Waals surface area contributed by atoms with Crippen molar-refractivity contribution < 1.29 is 0 Å². The highest BCUT2D eigenvalue weighted by atomic mass is 15.1. The van der Waals surface area contributed by atoms with Crippen molar-refractivity contribution >= 4 is 0 Å². The lowest BCUT2D eigenvalue weighted by Crippen LogP contribution is -2.34. The topological polar surface area (TPSA) is 15.3 Å². The first kappa shape index (κ1) is 14.0. The summed E-state index contributed by atoms with van der Waals surface area (Å²) in [5.74, 6) is 1.74. The summed E-state index contributed by atoms with van der Waals surface area (Å²) in [6.07, 6.45) is 7.32. The summed E-state index contributed by atoms with van der Waals surface area (Å²) >= 11 is 0. The Bertz CT molecular complexity index is 162. The van der Waals surface area contributed by atoms with Crippen molar-refractivity contribution in [2.75, 3.05) is 33.2 Å². The van der Waals surface area contributed by atoms with E-state index in [1.54, 1.807) is 0 Å². The zero-order valence-electron chi connectivity index (χ0n) is 11.5. The van der Waals surface area contributed by atoms with Gasteiger partial charge in [0.1, 0.15) is 0 Å². The van der Waals surface area contributed by atoms with Gasteiger partial charge in [-0.3, -0.25) is 0 Å². The Morgan fingerprint density at radius 1 is 1.19 bits per heavy atom. The van der Waals surface area contributed by atoms with Crippen LogP contribution in [-0.4, -0.2) is 38.1 Å². The monoisotopic (exact) mass is 226 g/mol. The Labute approximate surface area is 102 Å². The lowest BCUT2D eigenvalue weighted by molar-refractivity contribution is 0.233. The van der Waals surface area contributed by atoms with Crippen LogP contribution in [0.1, 0.15) is 46.0 Å². The SMILES string of the molecule is CC(C)CNCCN(C)CC1CCCCC1. The van der Waals surface area contributed by atoms with Gasteiger partial charge in [-0.1, -0.05) is 33.1 Å². The molecule has 2 heteroatoms. The molecule has 0 aliphatic heterocycles. The molecule has 0 amide bonds. The number of hydrogen-bond donors (Lipinski definition) is 1. The minimum atomic E-state index is 0.767. The molecule has 0 aromatic heterocycles. The van der Waals surface area contributed by atoms with Crippen LogP contribution in [0.15, 0.2) is 0 Å². The lowest BCUT2D eigenvalue weighted by Gasteiger charge is -2.27. The Balaban J connectivity index is 1.99. The molecular weight excluding hydrogens is 196 g/mol. The van der Waals surface area contributed by atoms with Crippen LogP contribution in [0.25, 0.3) is 0 Å². The van der Waals surface area contributed by atoms with Gasteiger partial charge >= 0.3 is 0 Å². The zero-order valence-corrected chi connectivity index (χ0v) is 11.5. The normalized spacial score (nSPS) is 18.6. The van der Waals surface area contributed by atoms with E-state index < -0.39 is 0 Å². The van der Waals surface area contributed by atoms with Gasteiger partial charge in [-0.05, 0) is 38.3 Å². The van der Waals surface area contributed by atoms with Crippen LogP contribution in [0.4, 0.5) is 0 Å². The molecule has 0 unspecified atom stereocenters. The number of nitrogens with zero attached hydrogens (tertiary/aromatic N) is 1. The van der Waals surface area contributed by atoms with E-state index in [0.29, 0.717) is 0 Å². The molecule has 0 radical (unpaired) electrons. The van der Waals surface area contributed by atoms with Crippen LogP contribution in [0.5, 0.6) is 0 Å². The van der Waals surface area contributed by atoms with Gasteiger partial charge in [-0.25, -0.2) is 0 Å². The minimum absolute atomic E-state index is 0.767. The molecule has 0 saturated heterocycles. The van der Waals surface area contributed by atoms with Gasteiger partial charge in [-0.2, -0.15) is 0 Å². The zero-order chi connectivity index (χ0) is 11.8. The fourth-order valence-corrected chi connectivity index (χ4v) is 2.56. The predicted molar refractivity (Wildman–Crippen MR) is 71.8 cm³/mol. The summed E-state index contributed by atoms with van der Waals surface area (Å²) in [4.78, 5) is 2.50. The number of likely N-dealkylation sites (N-methyl/N-ethyl adjacent to an activating group) is 1. The van der Waals surface area contributed by atoms with Crippen molar-refractivity contribution in [3.05, 3.63) is 0 Å². The van der Waals surface area contributed by atoms with Crippen molar-refractivity contribution in [1.29, 1.82) is 0 Å². The molecule has 0 spiro atoms. The summed E-state index contributed by atoms with van der Waals surface area (Å²) in [5.41, 5.74) is 0. The molecule has 1 saturated carbocycles. The van der Waals surface area contributed by atoms with E-state index >= 15 is 0 Å².